The average Bonchev–Trinajstić information content (AvgIpc) is 2.23. The molecule has 0 bridgehead atoms. The van der Waals surface area contributed by atoms with Crippen LogP contribution in [0.15, 0.2) is 12.1 Å². The largest absolute Gasteiger partial charge is 0.505 e. The second kappa shape index (κ2) is 5.84. The first-order chi connectivity index (χ1) is 8.65. The summed E-state index contributed by atoms with van der Waals surface area (Å²) >= 11 is 6.04. The molecule has 19 heavy (non-hydrogen) atoms. The molecule has 0 saturated carbocycles. The SMILES string of the molecule is CC(C)[Si](c1cc(Cl)cc(O)c1F)(C(C)C)C(C)C. The minimum absolute atomic E-state index is 0.332. The molecule has 0 aliphatic carbocycles. The summed E-state index contributed by atoms with van der Waals surface area (Å²) in [5, 5.41) is 10.8. The maximum atomic E-state index is 14.5. The standard InChI is InChI=1S/C15H24ClFOSi/c1-9(2)19(10(3)4,11(5)6)14-8-12(16)7-13(18)15(14)17/h7-11,18H,1-6H3. The van der Waals surface area contributed by atoms with Crippen LogP contribution in [0.3, 0.4) is 0 Å². The summed E-state index contributed by atoms with van der Waals surface area (Å²) in [6.45, 7) is 12.9. The Hall–Kier alpha value is -0.543. The second-order valence-corrected chi connectivity index (χ2v) is 12.5. The Morgan fingerprint density at radius 3 is 1.79 bits per heavy atom. The van der Waals surface area contributed by atoms with Crippen LogP contribution >= 0.6 is 11.6 Å². The van der Waals surface area contributed by atoms with Crippen molar-refractivity contribution < 1.29 is 9.50 Å². The topological polar surface area (TPSA) is 20.2 Å². The van der Waals surface area contributed by atoms with Gasteiger partial charge in [0, 0.05) is 11.1 Å². The molecular weight excluding hydrogens is 279 g/mol. The number of rotatable bonds is 4. The molecule has 1 nitrogen and oxygen atoms in total. The molecule has 4 heteroatoms. The van der Waals surface area contributed by atoms with Crippen LogP contribution in [-0.4, -0.2) is 13.2 Å². The van der Waals surface area contributed by atoms with Crippen LogP contribution < -0.4 is 5.19 Å². The molecule has 0 aliphatic rings. The van der Waals surface area contributed by atoms with E-state index in [9.17, 15) is 9.50 Å². The van der Waals surface area contributed by atoms with Crippen LogP contribution in [0, 0.1) is 5.82 Å². The molecule has 0 radical (unpaired) electrons. The lowest BCUT2D eigenvalue weighted by Crippen LogP contribution is -2.56. The lowest BCUT2D eigenvalue weighted by Gasteiger charge is -2.43. The van der Waals surface area contributed by atoms with Gasteiger partial charge in [-0.25, -0.2) is 4.39 Å². The van der Waals surface area contributed by atoms with Crippen LogP contribution in [0.2, 0.25) is 21.6 Å². The van der Waals surface area contributed by atoms with Gasteiger partial charge < -0.3 is 5.11 Å². The highest BCUT2D eigenvalue weighted by atomic mass is 35.5. The molecule has 0 spiro atoms. The smallest absolute Gasteiger partial charge is 0.164 e. The molecule has 0 aromatic heterocycles. The lowest BCUT2D eigenvalue weighted by molar-refractivity contribution is 0.434. The van der Waals surface area contributed by atoms with Crippen LogP contribution in [0.4, 0.5) is 4.39 Å². The molecule has 0 amide bonds. The maximum absolute atomic E-state index is 14.5. The molecule has 1 aromatic carbocycles. The normalized spacial score (nSPS) is 12.8. The molecule has 108 valence electrons. The highest BCUT2D eigenvalue weighted by molar-refractivity contribution is 6.95. The number of phenolic OH excluding ortho intramolecular Hbond substituents is 1. The molecule has 0 aliphatic heterocycles. The molecule has 1 rings (SSSR count). The van der Waals surface area contributed by atoms with Crippen LogP contribution in [-0.2, 0) is 0 Å². The Bertz CT molecular complexity index is 436. The first kappa shape index (κ1) is 16.5. The van der Waals surface area contributed by atoms with Crippen molar-refractivity contribution in [3.63, 3.8) is 0 Å². The van der Waals surface area contributed by atoms with Gasteiger partial charge in [-0.3, -0.25) is 0 Å². The van der Waals surface area contributed by atoms with Gasteiger partial charge in [-0.2, -0.15) is 0 Å². The number of aromatic hydroxyl groups is 1. The van der Waals surface area contributed by atoms with Gasteiger partial charge in [-0.1, -0.05) is 53.1 Å². The molecule has 1 N–H and O–H groups in total. The van der Waals surface area contributed by atoms with E-state index in [0.717, 1.165) is 0 Å². The van der Waals surface area contributed by atoms with E-state index in [1.165, 1.54) is 6.07 Å². The number of hydrogen-bond donors (Lipinski definition) is 1. The Morgan fingerprint density at radius 2 is 1.42 bits per heavy atom. The van der Waals surface area contributed by atoms with E-state index in [4.69, 9.17) is 11.6 Å². The Morgan fingerprint density at radius 1 is 1.00 bits per heavy atom. The molecule has 0 atom stereocenters. The summed E-state index contributed by atoms with van der Waals surface area (Å²) in [4.78, 5) is 0. The van der Waals surface area contributed by atoms with Gasteiger partial charge in [0.15, 0.2) is 11.6 Å². The molecule has 0 saturated heterocycles. The summed E-state index contributed by atoms with van der Waals surface area (Å²) in [7, 11) is -2.13. The van der Waals surface area contributed by atoms with Crippen molar-refractivity contribution in [2.24, 2.45) is 0 Å². The highest BCUT2D eigenvalue weighted by Gasteiger charge is 2.46. The van der Waals surface area contributed by atoms with Crippen molar-refractivity contribution >= 4 is 24.9 Å². The molecule has 1 aromatic rings. The van der Waals surface area contributed by atoms with E-state index >= 15 is 0 Å². The predicted octanol–water partition coefficient (Wildman–Crippen LogP) is 5.07. The van der Waals surface area contributed by atoms with Crippen molar-refractivity contribution in [3.05, 3.63) is 23.0 Å². The van der Waals surface area contributed by atoms with E-state index in [0.29, 0.717) is 26.8 Å². The number of benzene rings is 1. The minimum Gasteiger partial charge on any atom is -0.505 e. The number of halogens is 2. The van der Waals surface area contributed by atoms with E-state index in [1.54, 1.807) is 6.07 Å². The van der Waals surface area contributed by atoms with Gasteiger partial charge >= 0.3 is 0 Å². The summed E-state index contributed by atoms with van der Waals surface area (Å²) in [5.41, 5.74) is 1.12. The lowest BCUT2D eigenvalue weighted by atomic mass is 10.3. The van der Waals surface area contributed by atoms with Crippen LogP contribution in [0.5, 0.6) is 5.75 Å². The summed E-state index contributed by atoms with van der Waals surface area (Å²) in [6.07, 6.45) is 0. The van der Waals surface area contributed by atoms with E-state index in [2.05, 4.69) is 41.5 Å². The van der Waals surface area contributed by atoms with Crippen LogP contribution in [0.1, 0.15) is 41.5 Å². The average molecular weight is 303 g/mol. The third kappa shape index (κ3) is 2.68. The molecule has 0 heterocycles. The first-order valence-electron chi connectivity index (χ1n) is 6.84. The predicted molar refractivity (Wildman–Crippen MR) is 83.8 cm³/mol. The van der Waals surface area contributed by atoms with Crippen molar-refractivity contribution in [1.29, 1.82) is 0 Å². The summed E-state index contributed by atoms with van der Waals surface area (Å²) < 4.78 is 14.5. The zero-order chi connectivity index (χ0) is 15.0. The number of hydrogen-bond acceptors (Lipinski definition) is 1. The second-order valence-electron chi connectivity index (χ2n) is 6.18. The number of phenols is 1. The van der Waals surface area contributed by atoms with Gasteiger partial charge in [-0.05, 0) is 27.9 Å². The quantitative estimate of drug-likeness (QED) is 0.770. The first-order valence-corrected chi connectivity index (χ1v) is 9.45. The Kier molecular flexibility index (Phi) is 5.07. The van der Waals surface area contributed by atoms with E-state index in [1.807, 2.05) is 0 Å². The fraction of sp³-hybridized carbons (Fsp3) is 0.600. The van der Waals surface area contributed by atoms with Gasteiger partial charge in [-0.15, -0.1) is 0 Å². The van der Waals surface area contributed by atoms with Gasteiger partial charge in [0.2, 0.25) is 0 Å². The molecule has 0 unspecified atom stereocenters. The summed E-state index contributed by atoms with van der Waals surface area (Å²) in [5.74, 6) is -0.812. The molecular formula is C15H24ClFOSi. The van der Waals surface area contributed by atoms with Crippen molar-refractivity contribution in [2.45, 2.75) is 58.2 Å². The molecule has 0 fully saturated rings. The van der Waals surface area contributed by atoms with E-state index < -0.39 is 13.9 Å². The zero-order valence-corrected chi connectivity index (χ0v) is 14.3. The van der Waals surface area contributed by atoms with Gasteiger partial charge in [0.1, 0.15) is 0 Å². The van der Waals surface area contributed by atoms with Crippen LogP contribution in [0.25, 0.3) is 0 Å². The summed E-state index contributed by atoms with van der Waals surface area (Å²) in [6, 6.07) is 3.00. The van der Waals surface area contributed by atoms with Gasteiger partial charge in [0.05, 0.1) is 8.07 Å². The Labute approximate surface area is 121 Å². The van der Waals surface area contributed by atoms with Gasteiger partial charge in [0.25, 0.3) is 0 Å². The van der Waals surface area contributed by atoms with Crippen molar-refractivity contribution in [3.8, 4) is 5.75 Å². The van der Waals surface area contributed by atoms with Crippen molar-refractivity contribution in [2.75, 3.05) is 0 Å². The minimum atomic E-state index is -2.13. The fourth-order valence-corrected chi connectivity index (χ4v) is 10.9. The zero-order valence-electron chi connectivity index (χ0n) is 12.6. The monoisotopic (exact) mass is 302 g/mol. The van der Waals surface area contributed by atoms with Crippen molar-refractivity contribution in [1.82, 2.24) is 0 Å². The highest BCUT2D eigenvalue weighted by Crippen LogP contribution is 2.42. The van der Waals surface area contributed by atoms with E-state index in [-0.39, 0.29) is 5.75 Å². The third-order valence-electron chi connectivity index (χ3n) is 4.35. The Balaban J connectivity index is 3.67. The third-order valence-corrected chi connectivity index (χ3v) is 11.6. The maximum Gasteiger partial charge on any atom is 0.164 e. The fourth-order valence-electron chi connectivity index (χ4n) is 3.82.